The standard InChI is InChI=1S/C19H14ClN5O3S/c20-17-6-5-15(25(27)28)11-16(17)18(26)22-12-1-3-13(4-2-12)23-19(29)24-14-7-9-21-10-8-14/h1-11H,(H,22,26)(H2,21,23,24,29). The highest BCUT2D eigenvalue weighted by molar-refractivity contribution is 7.80. The van der Waals surface area contributed by atoms with Crippen LogP contribution in [0.25, 0.3) is 0 Å². The number of benzene rings is 2. The van der Waals surface area contributed by atoms with Crippen molar-refractivity contribution in [3.05, 3.63) is 87.7 Å². The number of hydrogen-bond acceptors (Lipinski definition) is 5. The molecular formula is C19H14ClN5O3S. The first-order valence-electron chi connectivity index (χ1n) is 8.26. The molecule has 0 saturated carbocycles. The minimum absolute atomic E-state index is 0.0193. The molecule has 1 aromatic heterocycles. The largest absolute Gasteiger partial charge is 0.332 e. The van der Waals surface area contributed by atoms with Gasteiger partial charge in [-0.1, -0.05) is 11.6 Å². The first-order valence-corrected chi connectivity index (χ1v) is 9.04. The van der Waals surface area contributed by atoms with Crippen LogP contribution in [0.1, 0.15) is 10.4 Å². The van der Waals surface area contributed by atoms with Crippen LogP contribution >= 0.6 is 23.8 Å². The smallest absolute Gasteiger partial charge is 0.270 e. The predicted octanol–water partition coefficient (Wildman–Crippen LogP) is 4.70. The lowest BCUT2D eigenvalue weighted by molar-refractivity contribution is -0.384. The van der Waals surface area contributed by atoms with Gasteiger partial charge in [0.1, 0.15) is 0 Å². The zero-order chi connectivity index (χ0) is 20.8. The molecule has 146 valence electrons. The molecule has 1 heterocycles. The number of amides is 1. The summed E-state index contributed by atoms with van der Waals surface area (Å²) < 4.78 is 0. The Hall–Kier alpha value is -3.56. The molecule has 0 atom stereocenters. The molecule has 0 aliphatic carbocycles. The van der Waals surface area contributed by atoms with Gasteiger partial charge < -0.3 is 16.0 Å². The Kier molecular flexibility index (Phi) is 6.32. The van der Waals surface area contributed by atoms with E-state index in [2.05, 4.69) is 20.9 Å². The van der Waals surface area contributed by atoms with Gasteiger partial charge in [-0.05, 0) is 54.7 Å². The monoisotopic (exact) mass is 427 g/mol. The SMILES string of the molecule is O=C(Nc1ccc(NC(=S)Nc2ccncc2)cc1)c1cc([N+](=O)[O-])ccc1Cl. The Morgan fingerprint density at radius 1 is 0.931 bits per heavy atom. The lowest BCUT2D eigenvalue weighted by atomic mass is 10.2. The molecule has 2 aromatic carbocycles. The summed E-state index contributed by atoms with van der Waals surface area (Å²) in [6, 6.07) is 14.0. The molecule has 0 saturated heterocycles. The Balaban J connectivity index is 1.63. The average Bonchev–Trinajstić information content (AvgIpc) is 2.70. The second kappa shape index (κ2) is 9.09. The van der Waals surface area contributed by atoms with E-state index in [-0.39, 0.29) is 16.3 Å². The predicted molar refractivity (Wildman–Crippen MR) is 117 cm³/mol. The van der Waals surface area contributed by atoms with Gasteiger partial charge in [-0.15, -0.1) is 0 Å². The second-order valence-electron chi connectivity index (χ2n) is 5.77. The van der Waals surface area contributed by atoms with Crippen molar-refractivity contribution in [3.63, 3.8) is 0 Å². The number of carbonyl (C=O) groups excluding carboxylic acids is 1. The van der Waals surface area contributed by atoms with Crippen molar-refractivity contribution in [2.75, 3.05) is 16.0 Å². The molecule has 0 aliphatic rings. The molecule has 3 N–H and O–H groups in total. The molecule has 29 heavy (non-hydrogen) atoms. The van der Waals surface area contributed by atoms with Crippen LogP contribution in [0.15, 0.2) is 67.0 Å². The van der Waals surface area contributed by atoms with Gasteiger partial charge in [0, 0.05) is 41.6 Å². The Morgan fingerprint density at radius 3 is 2.07 bits per heavy atom. The van der Waals surface area contributed by atoms with Crippen molar-refractivity contribution in [2.45, 2.75) is 0 Å². The van der Waals surface area contributed by atoms with Gasteiger partial charge in [-0.25, -0.2) is 0 Å². The number of rotatable bonds is 5. The number of non-ortho nitro benzene ring substituents is 1. The molecule has 0 bridgehead atoms. The Labute approximate surface area is 176 Å². The molecule has 0 aliphatic heterocycles. The topological polar surface area (TPSA) is 109 Å². The summed E-state index contributed by atoms with van der Waals surface area (Å²) in [5, 5.41) is 20.1. The number of pyridine rings is 1. The van der Waals surface area contributed by atoms with Crippen molar-refractivity contribution in [1.29, 1.82) is 0 Å². The molecule has 3 aromatic rings. The highest BCUT2D eigenvalue weighted by atomic mass is 35.5. The normalized spacial score (nSPS) is 10.1. The maximum atomic E-state index is 12.4. The third-order valence-corrected chi connectivity index (χ3v) is 4.28. The first kappa shape index (κ1) is 20.2. The zero-order valence-corrected chi connectivity index (χ0v) is 16.3. The van der Waals surface area contributed by atoms with Crippen LogP contribution in [0.2, 0.25) is 5.02 Å². The van der Waals surface area contributed by atoms with Gasteiger partial charge in [0.2, 0.25) is 0 Å². The van der Waals surface area contributed by atoms with Crippen LogP contribution in [0.5, 0.6) is 0 Å². The number of hydrogen-bond donors (Lipinski definition) is 3. The third-order valence-electron chi connectivity index (χ3n) is 3.74. The fourth-order valence-electron chi connectivity index (χ4n) is 2.36. The fourth-order valence-corrected chi connectivity index (χ4v) is 2.80. The van der Waals surface area contributed by atoms with Crippen LogP contribution in [-0.4, -0.2) is 20.9 Å². The second-order valence-corrected chi connectivity index (χ2v) is 6.58. The van der Waals surface area contributed by atoms with Gasteiger partial charge in [-0.2, -0.15) is 0 Å². The number of nitro groups is 1. The molecule has 0 fully saturated rings. The molecular weight excluding hydrogens is 414 g/mol. The van der Waals surface area contributed by atoms with E-state index in [0.717, 1.165) is 11.8 Å². The lowest BCUT2D eigenvalue weighted by Gasteiger charge is -2.11. The Morgan fingerprint density at radius 2 is 1.48 bits per heavy atom. The van der Waals surface area contributed by atoms with Crippen LogP contribution in [-0.2, 0) is 0 Å². The van der Waals surface area contributed by atoms with Crippen molar-refractivity contribution in [2.24, 2.45) is 0 Å². The molecule has 8 nitrogen and oxygen atoms in total. The molecule has 0 unspecified atom stereocenters. The minimum Gasteiger partial charge on any atom is -0.332 e. The van der Waals surface area contributed by atoms with E-state index in [9.17, 15) is 14.9 Å². The number of nitrogens with zero attached hydrogens (tertiary/aromatic N) is 2. The number of anilines is 3. The van der Waals surface area contributed by atoms with E-state index in [0.29, 0.717) is 16.5 Å². The summed E-state index contributed by atoms with van der Waals surface area (Å²) in [5.41, 5.74) is 1.81. The number of thiocarbonyl (C=S) groups is 1. The van der Waals surface area contributed by atoms with Crippen molar-refractivity contribution in [1.82, 2.24) is 4.98 Å². The van der Waals surface area contributed by atoms with Crippen molar-refractivity contribution >= 4 is 57.6 Å². The van der Waals surface area contributed by atoms with Crippen LogP contribution < -0.4 is 16.0 Å². The highest BCUT2D eigenvalue weighted by Gasteiger charge is 2.16. The summed E-state index contributed by atoms with van der Waals surface area (Å²) in [6.45, 7) is 0. The van der Waals surface area contributed by atoms with E-state index in [1.165, 1.54) is 12.1 Å². The van der Waals surface area contributed by atoms with Crippen LogP contribution in [0.4, 0.5) is 22.7 Å². The quantitative estimate of drug-likeness (QED) is 0.307. The number of halogens is 1. The van der Waals surface area contributed by atoms with Gasteiger partial charge in [0.05, 0.1) is 15.5 Å². The lowest BCUT2D eigenvalue weighted by Crippen LogP contribution is -2.19. The average molecular weight is 428 g/mol. The highest BCUT2D eigenvalue weighted by Crippen LogP contribution is 2.23. The number of nitrogens with one attached hydrogen (secondary N) is 3. The summed E-state index contributed by atoms with van der Waals surface area (Å²) in [6.07, 6.45) is 3.30. The molecule has 1 amide bonds. The van der Waals surface area contributed by atoms with Crippen molar-refractivity contribution in [3.8, 4) is 0 Å². The maximum absolute atomic E-state index is 12.4. The first-order chi connectivity index (χ1) is 13.9. The zero-order valence-electron chi connectivity index (χ0n) is 14.8. The van der Waals surface area contributed by atoms with E-state index in [1.807, 2.05) is 0 Å². The summed E-state index contributed by atoms with van der Waals surface area (Å²) in [7, 11) is 0. The van der Waals surface area contributed by atoms with Gasteiger partial charge >= 0.3 is 0 Å². The third kappa shape index (κ3) is 5.47. The van der Waals surface area contributed by atoms with E-state index in [4.69, 9.17) is 23.8 Å². The van der Waals surface area contributed by atoms with Gasteiger partial charge in [0.15, 0.2) is 5.11 Å². The maximum Gasteiger partial charge on any atom is 0.270 e. The van der Waals surface area contributed by atoms with E-state index in [1.54, 1.807) is 48.8 Å². The van der Waals surface area contributed by atoms with Gasteiger partial charge in [0.25, 0.3) is 11.6 Å². The number of carbonyl (C=O) groups is 1. The van der Waals surface area contributed by atoms with Crippen LogP contribution in [0.3, 0.4) is 0 Å². The van der Waals surface area contributed by atoms with Crippen molar-refractivity contribution < 1.29 is 9.72 Å². The van der Waals surface area contributed by atoms with E-state index < -0.39 is 10.8 Å². The summed E-state index contributed by atoms with van der Waals surface area (Å²) >= 11 is 11.2. The number of nitro benzene ring substituents is 1. The number of aromatic nitrogens is 1. The Bertz CT molecular complexity index is 1060. The minimum atomic E-state index is -0.587. The molecule has 10 heteroatoms. The fraction of sp³-hybridized carbons (Fsp3) is 0. The molecule has 0 spiro atoms. The van der Waals surface area contributed by atoms with E-state index >= 15 is 0 Å². The summed E-state index contributed by atoms with van der Waals surface area (Å²) in [5.74, 6) is -0.547. The summed E-state index contributed by atoms with van der Waals surface area (Å²) in [4.78, 5) is 26.6. The molecule has 3 rings (SSSR count). The van der Waals surface area contributed by atoms with Gasteiger partial charge in [-0.3, -0.25) is 19.9 Å². The molecule has 0 radical (unpaired) electrons. The van der Waals surface area contributed by atoms with Crippen LogP contribution in [0, 0.1) is 10.1 Å².